The molecule has 2 aromatic rings. The summed E-state index contributed by atoms with van der Waals surface area (Å²) in [6.45, 7) is 11.0. The van der Waals surface area contributed by atoms with Gasteiger partial charge in [0, 0.05) is 0 Å². The van der Waals surface area contributed by atoms with Gasteiger partial charge in [-0.15, -0.1) is 0 Å². The Morgan fingerprint density at radius 1 is 0.870 bits per heavy atom. The third-order valence-corrected chi connectivity index (χ3v) is 8.58. The first-order valence-electron chi connectivity index (χ1n) is 7.75. The Kier molecular flexibility index (Phi) is 4.95. The Labute approximate surface area is 139 Å². The summed E-state index contributed by atoms with van der Waals surface area (Å²) >= 11 is 0. The van der Waals surface area contributed by atoms with E-state index in [0.29, 0.717) is 11.3 Å². The number of hydrogen-bond acceptors (Lipinski definition) is 3. The lowest BCUT2D eigenvalue weighted by molar-refractivity contribution is 0.0734. The summed E-state index contributed by atoms with van der Waals surface area (Å²) < 4.78 is 11.6. The van der Waals surface area contributed by atoms with Gasteiger partial charge in [0.1, 0.15) is 11.5 Å². The smallest absolute Gasteiger partial charge is 0.343 e. The lowest BCUT2D eigenvalue weighted by Gasteiger charge is -2.36. The topological polar surface area (TPSA) is 35.5 Å². The van der Waals surface area contributed by atoms with E-state index in [1.807, 2.05) is 30.3 Å². The van der Waals surface area contributed by atoms with Gasteiger partial charge in [0.15, 0.2) is 0 Å². The minimum atomic E-state index is -1.86. The molecule has 0 spiro atoms. The van der Waals surface area contributed by atoms with E-state index in [0.717, 1.165) is 5.75 Å². The van der Waals surface area contributed by atoms with Crippen molar-refractivity contribution in [2.45, 2.75) is 38.9 Å². The molecule has 0 fully saturated rings. The second kappa shape index (κ2) is 6.58. The summed E-state index contributed by atoms with van der Waals surface area (Å²) in [5.74, 6) is 0.973. The Balaban J connectivity index is 2.04. The molecule has 122 valence electrons. The van der Waals surface area contributed by atoms with Gasteiger partial charge in [-0.3, -0.25) is 0 Å². The van der Waals surface area contributed by atoms with Crippen LogP contribution in [0.5, 0.6) is 11.5 Å². The van der Waals surface area contributed by atoms with E-state index in [1.165, 1.54) is 0 Å². The Hall–Kier alpha value is -2.07. The van der Waals surface area contributed by atoms with Crippen molar-refractivity contribution in [2.75, 3.05) is 0 Å². The first-order valence-corrected chi connectivity index (χ1v) is 10.7. The molecule has 0 radical (unpaired) electrons. The van der Waals surface area contributed by atoms with Crippen LogP contribution in [0.3, 0.4) is 0 Å². The Morgan fingerprint density at radius 2 is 1.39 bits per heavy atom. The van der Waals surface area contributed by atoms with Crippen LogP contribution in [0, 0.1) is 0 Å². The molecule has 4 heteroatoms. The zero-order valence-corrected chi connectivity index (χ0v) is 15.4. The number of benzene rings is 2. The van der Waals surface area contributed by atoms with Crippen molar-refractivity contribution < 1.29 is 14.0 Å². The molecule has 23 heavy (non-hydrogen) atoms. The molecule has 3 nitrogen and oxygen atoms in total. The van der Waals surface area contributed by atoms with Crippen LogP contribution in [0.1, 0.15) is 31.1 Å². The van der Waals surface area contributed by atoms with Crippen LogP contribution in [-0.4, -0.2) is 14.3 Å². The molecular formula is C19H24O3Si. The van der Waals surface area contributed by atoms with Gasteiger partial charge in [0.2, 0.25) is 8.32 Å². The highest BCUT2D eigenvalue weighted by atomic mass is 28.4. The SMILES string of the molecule is CC(C)(C)[Si](C)(C)Oc1ccc(OC(=O)c2ccccc2)cc1. The quantitative estimate of drug-likeness (QED) is 0.434. The van der Waals surface area contributed by atoms with Crippen LogP contribution in [0.4, 0.5) is 0 Å². The van der Waals surface area contributed by atoms with Gasteiger partial charge in [0.25, 0.3) is 0 Å². The summed E-state index contributed by atoms with van der Waals surface area (Å²) in [6.07, 6.45) is 0. The van der Waals surface area contributed by atoms with Crippen LogP contribution >= 0.6 is 0 Å². The number of carbonyl (C=O) groups is 1. The molecule has 0 saturated carbocycles. The third-order valence-electron chi connectivity index (χ3n) is 4.22. The summed E-state index contributed by atoms with van der Waals surface area (Å²) in [5.41, 5.74) is 0.536. The predicted molar refractivity (Wildman–Crippen MR) is 95.7 cm³/mol. The zero-order valence-electron chi connectivity index (χ0n) is 14.4. The maximum absolute atomic E-state index is 12.0. The largest absolute Gasteiger partial charge is 0.543 e. The summed E-state index contributed by atoms with van der Waals surface area (Å²) in [4.78, 5) is 12.0. The molecule has 0 bridgehead atoms. The molecule has 2 rings (SSSR count). The van der Waals surface area contributed by atoms with E-state index in [9.17, 15) is 4.79 Å². The molecule has 0 atom stereocenters. The number of esters is 1. The highest BCUT2D eigenvalue weighted by Crippen LogP contribution is 2.37. The van der Waals surface area contributed by atoms with Crippen molar-refractivity contribution in [3.05, 3.63) is 60.2 Å². The normalized spacial score (nSPS) is 11.9. The fourth-order valence-electron chi connectivity index (χ4n) is 1.76. The van der Waals surface area contributed by atoms with Gasteiger partial charge in [-0.05, 0) is 54.5 Å². The molecular weight excluding hydrogens is 304 g/mol. The predicted octanol–water partition coefficient (Wildman–Crippen LogP) is 5.29. The van der Waals surface area contributed by atoms with E-state index in [2.05, 4.69) is 33.9 Å². The molecule has 0 amide bonds. The van der Waals surface area contributed by atoms with Crippen molar-refractivity contribution in [3.63, 3.8) is 0 Å². The fraction of sp³-hybridized carbons (Fsp3) is 0.316. The van der Waals surface area contributed by atoms with Crippen molar-refractivity contribution in [1.29, 1.82) is 0 Å². The van der Waals surface area contributed by atoms with E-state index in [4.69, 9.17) is 9.16 Å². The number of carbonyl (C=O) groups excluding carboxylic acids is 1. The van der Waals surface area contributed by atoms with Gasteiger partial charge < -0.3 is 9.16 Å². The minimum absolute atomic E-state index is 0.144. The standard InChI is InChI=1S/C19H24O3Si/c1-19(2,3)23(4,5)22-17-13-11-16(12-14-17)21-18(20)15-9-7-6-8-10-15/h6-14H,1-5H3. The van der Waals surface area contributed by atoms with Gasteiger partial charge in [0.05, 0.1) is 5.56 Å². The first-order chi connectivity index (χ1) is 10.7. The van der Waals surface area contributed by atoms with Gasteiger partial charge >= 0.3 is 5.97 Å². The molecule has 0 saturated heterocycles. The molecule has 0 heterocycles. The molecule has 0 aliphatic heterocycles. The van der Waals surface area contributed by atoms with Crippen LogP contribution in [0.25, 0.3) is 0 Å². The van der Waals surface area contributed by atoms with E-state index < -0.39 is 8.32 Å². The van der Waals surface area contributed by atoms with Gasteiger partial charge in [-0.1, -0.05) is 39.0 Å². The minimum Gasteiger partial charge on any atom is -0.543 e. The number of hydrogen-bond donors (Lipinski definition) is 0. The van der Waals surface area contributed by atoms with Crippen LogP contribution in [0.2, 0.25) is 18.1 Å². The second-order valence-corrected chi connectivity index (χ2v) is 11.8. The third kappa shape index (κ3) is 4.45. The maximum Gasteiger partial charge on any atom is 0.343 e. The summed E-state index contributed by atoms with van der Waals surface area (Å²) in [5, 5.41) is 0.144. The molecule has 2 aromatic carbocycles. The van der Waals surface area contributed by atoms with Crippen molar-refractivity contribution in [3.8, 4) is 11.5 Å². The van der Waals surface area contributed by atoms with Crippen LogP contribution < -0.4 is 9.16 Å². The second-order valence-electron chi connectivity index (χ2n) is 7.09. The average molecular weight is 328 g/mol. The van der Waals surface area contributed by atoms with E-state index in [1.54, 1.807) is 24.3 Å². The molecule has 0 aliphatic rings. The highest BCUT2D eigenvalue weighted by Gasteiger charge is 2.38. The average Bonchev–Trinajstić information content (AvgIpc) is 2.48. The van der Waals surface area contributed by atoms with Gasteiger partial charge in [-0.25, -0.2) is 4.79 Å². The van der Waals surface area contributed by atoms with E-state index >= 15 is 0 Å². The highest BCUT2D eigenvalue weighted by molar-refractivity contribution is 6.74. The van der Waals surface area contributed by atoms with Crippen molar-refractivity contribution in [2.24, 2.45) is 0 Å². The van der Waals surface area contributed by atoms with Crippen molar-refractivity contribution in [1.82, 2.24) is 0 Å². The number of rotatable bonds is 4. The van der Waals surface area contributed by atoms with E-state index in [-0.39, 0.29) is 11.0 Å². The lowest BCUT2D eigenvalue weighted by atomic mass is 10.2. The fourth-order valence-corrected chi connectivity index (χ4v) is 2.80. The summed E-state index contributed by atoms with van der Waals surface area (Å²) in [7, 11) is -1.86. The Morgan fingerprint density at radius 3 is 1.91 bits per heavy atom. The van der Waals surface area contributed by atoms with Gasteiger partial charge in [-0.2, -0.15) is 0 Å². The van der Waals surface area contributed by atoms with Crippen LogP contribution in [0.15, 0.2) is 54.6 Å². The molecule has 0 aromatic heterocycles. The zero-order chi connectivity index (χ0) is 17.1. The maximum atomic E-state index is 12.0. The first kappa shape index (κ1) is 17.3. The Bertz CT molecular complexity index is 655. The molecule has 0 N–H and O–H groups in total. The lowest BCUT2D eigenvalue weighted by Crippen LogP contribution is -2.43. The van der Waals surface area contributed by atoms with Crippen LogP contribution in [-0.2, 0) is 0 Å². The monoisotopic (exact) mass is 328 g/mol. The van der Waals surface area contributed by atoms with Crippen molar-refractivity contribution >= 4 is 14.3 Å². The summed E-state index contributed by atoms with van der Waals surface area (Å²) in [6, 6.07) is 16.2. The molecule has 0 aliphatic carbocycles. The number of ether oxygens (including phenoxy) is 1. The molecule has 0 unspecified atom stereocenters.